The van der Waals surface area contributed by atoms with Crippen molar-refractivity contribution in [3.8, 4) is 0 Å². The minimum absolute atomic E-state index is 0.177. The number of aromatic carboxylic acids is 1. The van der Waals surface area contributed by atoms with Crippen LogP contribution in [0.3, 0.4) is 0 Å². The van der Waals surface area contributed by atoms with Gasteiger partial charge in [0.25, 0.3) is 0 Å². The van der Waals surface area contributed by atoms with Crippen molar-refractivity contribution in [2.75, 3.05) is 44.8 Å². The highest BCUT2D eigenvalue weighted by atomic mass is 16.5. The van der Waals surface area contributed by atoms with Crippen molar-refractivity contribution < 1.29 is 19.4 Å². The van der Waals surface area contributed by atoms with Crippen LogP contribution >= 0.6 is 0 Å². The molecule has 0 bridgehead atoms. The maximum absolute atomic E-state index is 12.1. The van der Waals surface area contributed by atoms with Gasteiger partial charge in [0.05, 0.1) is 18.6 Å². The van der Waals surface area contributed by atoms with Crippen LogP contribution in [0.15, 0.2) is 54.6 Å². The average molecular weight is 564 g/mol. The van der Waals surface area contributed by atoms with Crippen LogP contribution in [0.5, 0.6) is 0 Å². The number of ether oxygens (including phenoxy) is 1. The first-order valence-electron chi connectivity index (χ1n) is 14.2. The quantitative estimate of drug-likeness (QED) is 0.165. The van der Waals surface area contributed by atoms with E-state index in [-0.39, 0.29) is 5.97 Å². The van der Waals surface area contributed by atoms with Gasteiger partial charge in [0, 0.05) is 24.2 Å². The number of benzene rings is 2. The van der Waals surface area contributed by atoms with Gasteiger partial charge in [-0.25, -0.2) is 9.78 Å². The standard InChI is InChI=1S/C25H39N5O2.C7H6O2/c1-5-6-7-14-27-24-22(19(2)28-25(26)29-24)17-20-10-12-21(13-11-20)18-23(31)32-16-9-8-15-30(3)4;8-7(9)6-4-2-1-3-5-6/h10-13H,5-9,14-18H2,1-4H3,(H3,26,27,28,29);1-5H,(H,8,9). The number of carboxylic acids is 1. The van der Waals surface area contributed by atoms with Gasteiger partial charge in [-0.15, -0.1) is 0 Å². The first kappa shape index (κ1) is 33.2. The molecule has 0 unspecified atom stereocenters. The van der Waals surface area contributed by atoms with Gasteiger partial charge in [0.2, 0.25) is 5.95 Å². The average Bonchev–Trinajstić information content (AvgIpc) is 2.94. The van der Waals surface area contributed by atoms with E-state index in [1.54, 1.807) is 30.3 Å². The van der Waals surface area contributed by atoms with E-state index in [0.29, 0.717) is 31.0 Å². The molecule has 0 aliphatic carbocycles. The van der Waals surface area contributed by atoms with Gasteiger partial charge in [0.15, 0.2) is 0 Å². The summed E-state index contributed by atoms with van der Waals surface area (Å²) in [5.74, 6) is 0.0485. The molecule has 0 radical (unpaired) electrons. The molecule has 1 aromatic heterocycles. The number of nitrogens with one attached hydrogen (secondary N) is 1. The summed E-state index contributed by atoms with van der Waals surface area (Å²) in [6.45, 7) is 6.51. The van der Waals surface area contributed by atoms with E-state index in [4.69, 9.17) is 15.6 Å². The number of nitrogen functional groups attached to an aromatic ring is 1. The molecule has 3 rings (SSSR count). The van der Waals surface area contributed by atoms with Crippen molar-refractivity contribution in [3.63, 3.8) is 0 Å². The number of rotatable bonds is 15. The maximum Gasteiger partial charge on any atom is 0.335 e. The first-order valence-corrected chi connectivity index (χ1v) is 14.2. The number of hydrogen-bond acceptors (Lipinski definition) is 8. The zero-order valence-electron chi connectivity index (χ0n) is 24.9. The number of nitrogens with two attached hydrogens (primary N) is 1. The van der Waals surface area contributed by atoms with Crippen LogP contribution in [0.4, 0.5) is 11.8 Å². The Morgan fingerprint density at radius 2 is 1.63 bits per heavy atom. The molecule has 4 N–H and O–H groups in total. The summed E-state index contributed by atoms with van der Waals surface area (Å²) in [5, 5.41) is 11.8. The molecule has 0 amide bonds. The Morgan fingerprint density at radius 3 is 2.24 bits per heavy atom. The Labute approximate surface area is 244 Å². The van der Waals surface area contributed by atoms with Crippen molar-refractivity contribution in [3.05, 3.63) is 82.5 Å². The normalized spacial score (nSPS) is 10.6. The van der Waals surface area contributed by atoms with Crippen molar-refractivity contribution in [1.82, 2.24) is 14.9 Å². The van der Waals surface area contributed by atoms with Crippen molar-refractivity contribution in [2.45, 2.75) is 58.8 Å². The summed E-state index contributed by atoms with van der Waals surface area (Å²) >= 11 is 0. The second-order valence-electron chi connectivity index (χ2n) is 10.2. The predicted octanol–water partition coefficient (Wildman–Crippen LogP) is 5.37. The molecule has 0 aliphatic rings. The fraction of sp³-hybridized carbons (Fsp3) is 0.438. The zero-order chi connectivity index (χ0) is 30.0. The van der Waals surface area contributed by atoms with Crippen LogP contribution < -0.4 is 11.1 Å². The lowest BCUT2D eigenvalue weighted by Crippen LogP contribution is -2.14. The molecule has 9 nitrogen and oxygen atoms in total. The van der Waals surface area contributed by atoms with Crippen LogP contribution in [0.25, 0.3) is 0 Å². The molecule has 222 valence electrons. The Balaban J connectivity index is 0.000000553. The van der Waals surface area contributed by atoms with Crippen LogP contribution in [0.1, 0.15) is 71.8 Å². The predicted molar refractivity (Wildman–Crippen MR) is 164 cm³/mol. The fourth-order valence-electron chi connectivity index (χ4n) is 4.05. The van der Waals surface area contributed by atoms with Gasteiger partial charge in [-0.2, -0.15) is 4.98 Å². The third-order valence-electron chi connectivity index (χ3n) is 6.34. The summed E-state index contributed by atoms with van der Waals surface area (Å²) in [6.07, 6.45) is 6.37. The number of carboxylic acid groups (broad SMARTS) is 1. The fourth-order valence-corrected chi connectivity index (χ4v) is 4.05. The van der Waals surface area contributed by atoms with Crippen LogP contribution in [0, 0.1) is 6.92 Å². The summed E-state index contributed by atoms with van der Waals surface area (Å²) in [7, 11) is 4.09. The molecular weight excluding hydrogens is 518 g/mol. The Hall–Kier alpha value is -3.98. The van der Waals surface area contributed by atoms with Gasteiger partial charge in [-0.3, -0.25) is 4.79 Å². The highest BCUT2D eigenvalue weighted by Crippen LogP contribution is 2.22. The molecule has 9 heteroatoms. The minimum Gasteiger partial charge on any atom is -0.478 e. The summed E-state index contributed by atoms with van der Waals surface area (Å²) < 4.78 is 5.36. The lowest BCUT2D eigenvalue weighted by molar-refractivity contribution is -0.142. The Morgan fingerprint density at radius 1 is 0.951 bits per heavy atom. The number of anilines is 2. The van der Waals surface area contributed by atoms with E-state index in [9.17, 15) is 9.59 Å². The SMILES string of the molecule is CCCCCNc1nc(N)nc(C)c1Cc1ccc(CC(=O)OCCCCN(C)C)cc1.O=C(O)c1ccccc1. The number of hydrogen-bond donors (Lipinski definition) is 3. The molecule has 41 heavy (non-hydrogen) atoms. The monoisotopic (exact) mass is 563 g/mol. The minimum atomic E-state index is -0.879. The van der Waals surface area contributed by atoms with Gasteiger partial charge in [-0.05, 0) is 70.1 Å². The van der Waals surface area contributed by atoms with Crippen LogP contribution in [0.2, 0.25) is 0 Å². The van der Waals surface area contributed by atoms with Gasteiger partial charge in [0.1, 0.15) is 5.82 Å². The molecule has 0 fully saturated rings. The van der Waals surface area contributed by atoms with E-state index < -0.39 is 5.97 Å². The number of esters is 1. The zero-order valence-corrected chi connectivity index (χ0v) is 24.9. The number of aromatic nitrogens is 2. The van der Waals surface area contributed by atoms with Crippen molar-refractivity contribution >= 4 is 23.7 Å². The summed E-state index contributed by atoms with van der Waals surface area (Å²) in [4.78, 5) is 33.2. The maximum atomic E-state index is 12.1. The number of carbonyl (C=O) groups is 2. The first-order chi connectivity index (χ1) is 19.7. The third kappa shape index (κ3) is 13.3. The molecule has 0 spiro atoms. The second-order valence-corrected chi connectivity index (χ2v) is 10.2. The van der Waals surface area contributed by atoms with E-state index in [2.05, 4.69) is 39.2 Å². The van der Waals surface area contributed by atoms with E-state index >= 15 is 0 Å². The van der Waals surface area contributed by atoms with E-state index in [0.717, 1.165) is 60.6 Å². The highest BCUT2D eigenvalue weighted by molar-refractivity contribution is 5.87. The molecule has 3 aromatic rings. The number of aryl methyl sites for hydroxylation is 1. The largest absolute Gasteiger partial charge is 0.478 e. The molecule has 0 saturated carbocycles. The Kier molecular flexibility index (Phi) is 14.9. The van der Waals surface area contributed by atoms with E-state index in [1.807, 2.05) is 33.2 Å². The Bertz CT molecular complexity index is 1200. The molecule has 0 saturated heterocycles. The van der Waals surface area contributed by atoms with Crippen LogP contribution in [-0.4, -0.2) is 65.7 Å². The van der Waals surface area contributed by atoms with Gasteiger partial charge in [-0.1, -0.05) is 62.2 Å². The molecule has 0 atom stereocenters. The molecular formula is C32H45N5O4. The third-order valence-corrected chi connectivity index (χ3v) is 6.34. The lowest BCUT2D eigenvalue weighted by Gasteiger charge is -2.14. The van der Waals surface area contributed by atoms with Crippen molar-refractivity contribution in [1.29, 1.82) is 0 Å². The van der Waals surface area contributed by atoms with Crippen molar-refractivity contribution in [2.24, 2.45) is 0 Å². The molecule has 2 aromatic carbocycles. The lowest BCUT2D eigenvalue weighted by atomic mass is 10.0. The second kappa shape index (κ2) is 18.4. The van der Waals surface area contributed by atoms with E-state index in [1.165, 1.54) is 12.8 Å². The molecule has 0 aliphatic heterocycles. The topological polar surface area (TPSA) is 131 Å². The highest BCUT2D eigenvalue weighted by Gasteiger charge is 2.12. The summed E-state index contributed by atoms with van der Waals surface area (Å²) in [6, 6.07) is 16.4. The number of carbonyl (C=O) groups excluding carboxylic acids is 1. The van der Waals surface area contributed by atoms with Gasteiger partial charge >= 0.3 is 11.9 Å². The smallest absolute Gasteiger partial charge is 0.335 e. The molecule has 1 heterocycles. The number of nitrogens with zero attached hydrogens (tertiary/aromatic N) is 3. The van der Waals surface area contributed by atoms with Gasteiger partial charge < -0.3 is 25.8 Å². The summed E-state index contributed by atoms with van der Waals surface area (Å²) in [5.41, 5.74) is 10.2. The van der Waals surface area contributed by atoms with Crippen LogP contribution in [-0.2, 0) is 22.4 Å². The number of unbranched alkanes of at least 4 members (excludes halogenated alkanes) is 3.